The Morgan fingerprint density at radius 3 is 2.55 bits per heavy atom. The fraction of sp³-hybridized carbons (Fsp3) is 0.304. The van der Waals surface area contributed by atoms with E-state index in [0.29, 0.717) is 25.3 Å². The minimum atomic E-state index is -3.83. The predicted octanol–water partition coefficient (Wildman–Crippen LogP) is 4.97. The maximum Gasteiger partial charge on any atom is 0.257 e. The van der Waals surface area contributed by atoms with Gasteiger partial charge in [0.25, 0.3) is 5.91 Å². The van der Waals surface area contributed by atoms with Gasteiger partial charge in [0, 0.05) is 19.3 Å². The summed E-state index contributed by atoms with van der Waals surface area (Å²) in [5.74, 6) is -0.540. The highest BCUT2D eigenvalue weighted by Gasteiger charge is 2.30. The molecule has 0 atom stereocenters. The van der Waals surface area contributed by atoms with Gasteiger partial charge in [0.2, 0.25) is 10.0 Å². The molecular formula is C23H24Cl2N4O3S. The smallest absolute Gasteiger partial charge is 0.257 e. The zero-order chi connectivity index (χ0) is 23.6. The maximum absolute atomic E-state index is 13.1. The summed E-state index contributed by atoms with van der Waals surface area (Å²) in [4.78, 5) is 12.8. The van der Waals surface area contributed by atoms with Crippen LogP contribution in [-0.2, 0) is 16.6 Å². The quantitative estimate of drug-likeness (QED) is 0.511. The first-order valence-corrected chi connectivity index (χ1v) is 12.8. The monoisotopic (exact) mass is 506 g/mol. The second kappa shape index (κ2) is 9.85. The Morgan fingerprint density at radius 2 is 1.82 bits per heavy atom. The van der Waals surface area contributed by atoms with Crippen molar-refractivity contribution in [2.24, 2.45) is 0 Å². The van der Waals surface area contributed by atoms with Crippen molar-refractivity contribution < 1.29 is 13.2 Å². The molecule has 1 N–H and O–H groups in total. The summed E-state index contributed by atoms with van der Waals surface area (Å²) < 4.78 is 29.3. The van der Waals surface area contributed by atoms with Crippen LogP contribution < -0.4 is 5.32 Å². The van der Waals surface area contributed by atoms with Crippen LogP contribution in [0.15, 0.2) is 53.7 Å². The molecule has 1 fully saturated rings. The average Bonchev–Trinajstić information content (AvgIpc) is 3.22. The minimum Gasteiger partial charge on any atom is -0.319 e. The lowest BCUT2D eigenvalue weighted by Gasteiger charge is -2.26. The van der Waals surface area contributed by atoms with Gasteiger partial charge in [-0.25, -0.2) is 8.42 Å². The summed E-state index contributed by atoms with van der Waals surface area (Å²) in [5.41, 5.74) is 2.77. The first-order chi connectivity index (χ1) is 15.8. The van der Waals surface area contributed by atoms with E-state index in [1.165, 1.54) is 22.6 Å². The van der Waals surface area contributed by atoms with Crippen molar-refractivity contribution in [1.29, 1.82) is 0 Å². The lowest BCUT2D eigenvalue weighted by molar-refractivity contribution is 0.102. The largest absolute Gasteiger partial charge is 0.319 e. The van der Waals surface area contributed by atoms with Crippen LogP contribution in [0.2, 0.25) is 10.0 Å². The molecule has 1 aromatic heterocycles. The number of nitrogens with one attached hydrogen (secondary N) is 1. The van der Waals surface area contributed by atoms with E-state index >= 15 is 0 Å². The zero-order valence-corrected chi connectivity index (χ0v) is 20.4. The third-order valence-electron chi connectivity index (χ3n) is 5.68. The van der Waals surface area contributed by atoms with E-state index in [9.17, 15) is 13.2 Å². The summed E-state index contributed by atoms with van der Waals surface area (Å²) in [5, 5.41) is 7.10. The van der Waals surface area contributed by atoms with Crippen molar-refractivity contribution in [3.8, 4) is 0 Å². The molecule has 2 heterocycles. The molecule has 0 bridgehead atoms. The molecule has 0 unspecified atom stereocenters. The third-order valence-corrected chi connectivity index (χ3v) is 8.36. The number of hydrogen-bond acceptors (Lipinski definition) is 4. The Bertz CT molecular complexity index is 1280. The summed E-state index contributed by atoms with van der Waals surface area (Å²) in [6, 6.07) is 10.5. The van der Waals surface area contributed by atoms with E-state index in [0.717, 1.165) is 30.4 Å². The number of carbonyl (C=O) groups excluding carboxylic acids is 1. The fourth-order valence-corrected chi connectivity index (χ4v) is 6.17. The number of nitrogens with zero attached hydrogens (tertiary/aromatic N) is 3. The van der Waals surface area contributed by atoms with E-state index in [2.05, 4.69) is 10.4 Å². The molecule has 1 aliphatic heterocycles. The second-order valence-electron chi connectivity index (χ2n) is 8.03. The Balaban J connectivity index is 1.55. The van der Waals surface area contributed by atoms with Gasteiger partial charge in [-0.3, -0.25) is 9.48 Å². The molecular weight excluding hydrogens is 483 g/mol. The number of anilines is 1. The molecule has 0 saturated carbocycles. The molecule has 0 aliphatic carbocycles. The van der Waals surface area contributed by atoms with Crippen LogP contribution in [0.4, 0.5) is 5.69 Å². The van der Waals surface area contributed by atoms with Crippen LogP contribution in [0.3, 0.4) is 0 Å². The van der Waals surface area contributed by atoms with Gasteiger partial charge in [0.05, 0.1) is 34.0 Å². The first kappa shape index (κ1) is 23.8. The van der Waals surface area contributed by atoms with Crippen LogP contribution in [0, 0.1) is 6.92 Å². The molecule has 1 amide bonds. The number of sulfonamides is 1. The molecule has 4 rings (SSSR count). The molecule has 2 aromatic carbocycles. The Morgan fingerprint density at radius 1 is 1.09 bits per heavy atom. The Hall–Kier alpha value is -2.39. The number of amides is 1. The van der Waals surface area contributed by atoms with E-state index in [1.807, 2.05) is 31.2 Å². The van der Waals surface area contributed by atoms with Gasteiger partial charge >= 0.3 is 0 Å². The van der Waals surface area contributed by atoms with Crippen LogP contribution >= 0.6 is 23.2 Å². The van der Waals surface area contributed by atoms with Crippen molar-refractivity contribution in [3.05, 3.63) is 75.5 Å². The van der Waals surface area contributed by atoms with Gasteiger partial charge in [-0.05, 0) is 43.0 Å². The molecule has 10 heteroatoms. The van der Waals surface area contributed by atoms with Gasteiger partial charge in [0.1, 0.15) is 4.90 Å². The standard InChI is InChI=1S/C23H24Cl2N4O3S/c1-16-7-3-4-8-17(16)14-28-15-18(13-26-28)27-23(30)19-11-22(21(25)12-20(19)24)33(31,32)29-9-5-2-6-10-29/h3-4,7-8,11-13,15H,2,5-6,9-10,14H2,1H3,(H,27,30). The van der Waals surface area contributed by atoms with E-state index in [-0.39, 0.29) is 20.5 Å². The highest BCUT2D eigenvalue weighted by Crippen LogP contribution is 2.32. The van der Waals surface area contributed by atoms with Gasteiger partial charge in [-0.15, -0.1) is 0 Å². The second-order valence-corrected chi connectivity index (χ2v) is 10.8. The van der Waals surface area contributed by atoms with Crippen LogP contribution in [0.1, 0.15) is 40.7 Å². The number of benzene rings is 2. The fourth-order valence-electron chi connectivity index (χ4n) is 3.82. The zero-order valence-electron chi connectivity index (χ0n) is 18.1. The third kappa shape index (κ3) is 5.24. The molecule has 33 heavy (non-hydrogen) atoms. The SMILES string of the molecule is Cc1ccccc1Cn1cc(NC(=O)c2cc(S(=O)(=O)N3CCCCC3)c(Cl)cc2Cl)cn1. The topological polar surface area (TPSA) is 84.3 Å². The number of aryl methyl sites for hydroxylation is 1. The predicted molar refractivity (Wildman–Crippen MR) is 130 cm³/mol. The van der Waals surface area contributed by atoms with E-state index in [1.54, 1.807) is 10.9 Å². The molecule has 3 aromatic rings. The average molecular weight is 507 g/mol. The highest BCUT2D eigenvalue weighted by atomic mass is 35.5. The van der Waals surface area contributed by atoms with Crippen molar-refractivity contribution >= 4 is 44.8 Å². The van der Waals surface area contributed by atoms with Crippen molar-refractivity contribution in [1.82, 2.24) is 14.1 Å². The van der Waals surface area contributed by atoms with Crippen molar-refractivity contribution in [2.75, 3.05) is 18.4 Å². The van der Waals surface area contributed by atoms with Gasteiger partial charge in [-0.2, -0.15) is 9.40 Å². The number of aromatic nitrogens is 2. The van der Waals surface area contributed by atoms with E-state index < -0.39 is 15.9 Å². The van der Waals surface area contributed by atoms with Crippen LogP contribution in [0.25, 0.3) is 0 Å². The summed E-state index contributed by atoms with van der Waals surface area (Å²) >= 11 is 12.5. The summed E-state index contributed by atoms with van der Waals surface area (Å²) in [6.07, 6.45) is 5.82. The molecule has 0 radical (unpaired) electrons. The number of hydrogen-bond donors (Lipinski definition) is 1. The van der Waals surface area contributed by atoms with Gasteiger partial charge in [0.15, 0.2) is 0 Å². The van der Waals surface area contributed by atoms with Gasteiger partial charge in [-0.1, -0.05) is 53.9 Å². The molecule has 1 aliphatic rings. The molecule has 174 valence electrons. The van der Waals surface area contributed by atoms with Crippen LogP contribution in [0.5, 0.6) is 0 Å². The normalized spacial score (nSPS) is 14.9. The van der Waals surface area contributed by atoms with Gasteiger partial charge < -0.3 is 5.32 Å². The lowest BCUT2D eigenvalue weighted by atomic mass is 10.1. The Labute approximate surface area is 203 Å². The number of halogens is 2. The maximum atomic E-state index is 13.1. The number of rotatable bonds is 6. The Kier molecular flexibility index (Phi) is 7.09. The first-order valence-electron chi connectivity index (χ1n) is 10.6. The van der Waals surface area contributed by atoms with Crippen molar-refractivity contribution in [2.45, 2.75) is 37.6 Å². The summed E-state index contributed by atoms with van der Waals surface area (Å²) in [6.45, 7) is 3.45. The lowest BCUT2D eigenvalue weighted by Crippen LogP contribution is -2.35. The highest BCUT2D eigenvalue weighted by molar-refractivity contribution is 7.89. The molecule has 0 spiro atoms. The van der Waals surface area contributed by atoms with Crippen molar-refractivity contribution in [3.63, 3.8) is 0 Å². The van der Waals surface area contributed by atoms with Crippen LogP contribution in [-0.4, -0.2) is 41.5 Å². The summed E-state index contributed by atoms with van der Waals surface area (Å²) in [7, 11) is -3.83. The number of piperidine rings is 1. The molecule has 7 nitrogen and oxygen atoms in total. The van der Waals surface area contributed by atoms with E-state index in [4.69, 9.17) is 23.2 Å². The minimum absolute atomic E-state index is 0.00632. The molecule has 1 saturated heterocycles. The number of carbonyl (C=O) groups is 1.